The van der Waals surface area contributed by atoms with E-state index in [1.54, 1.807) is 32.4 Å². The molecule has 3 N–H and O–H groups in total. The molecule has 0 fully saturated rings. The topological polar surface area (TPSA) is 103 Å². The van der Waals surface area contributed by atoms with Gasteiger partial charge in [0.15, 0.2) is 0 Å². The molecular formula is C12H20N4O4. The van der Waals surface area contributed by atoms with Gasteiger partial charge in [0.1, 0.15) is 11.4 Å². The van der Waals surface area contributed by atoms with Gasteiger partial charge in [0.25, 0.3) is 0 Å². The molecule has 0 aliphatic carbocycles. The van der Waals surface area contributed by atoms with E-state index in [9.17, 15) is 10.1 Å². The first-order valence-corrected chi connectivity index (χ1v) is 6.12. The van der Waals surface area contributed by atoms with Crippen LogP contribution in [0.5, 0.6) is 0 Å². The molecule has 0 radical (unpaired) electrons. The summed E-state index contributed by atoms with van der Waals surface area (Å²) < 4.78 is 10.1. The number of methoxy groups -OCH3 is 2. The number of nitro groups is 1. The molecule has 8 nitrogen and oxygen atoms in total. The van der Waals surface area contributed by atoms with E-state index in [0.29, 0.717) is 32.0 Å². The molecular weight excluding hydrogens is 264 g/mol. The van der Waals surface area contributed by atoms with E-state index in [2.05, 4.69) is 5.43 Å². The van der Waals surface area contributed by atoms with E-state index in [1.165, 1.54) is 0 Å². The van der Waals surface area contributed by atoms with Crippen LogP contribution in [0.25, 0.3) is 0 Å². The molecule has 0 aliphatic rings. The normalized spacial score (nSPS) is 10.3. The monoisotopic (exact) mass is 284 g/mol. The second-order valence-electron chi connectivity index (χ2n) is 4.05. The van der Waals surface area contributed by atoms with Gasteiger partial charge in [0, 0.05) is 27.3 Å². The Morgan fingerprint density at radius 2 is 1.90 bits per heavy atom. The highest BCUT2D eigenvalue weighted by atomic mass is 16.6. The van der Waals surface area contributed by atoms with Crippen LogP contribution in [0.15, 0.2) is 18.2 Å². The molecule has 0 saturated heterocycles. The number of nitro benzene ring substituents is 1. The molecule has 1 aromatic rings. The summed E-state index contributed by atoms with van der Waals surface area (Å²) in [6.07, 6.45) is 0. The first-order valence-electron chi connectivity index (χ1n) is 6.12. The van der Waals surface area contributed by atoms with E-state index >= 15 is 0 Å². The fraction of sp³-hybridized carbons (Fsp3) is 0.500. The minimum absolute atomic E-state index is 0.0535. The molecule has 0 bridgehead atoms. The Labute approximate surface area is 117 Å². The fourth-order valence-corrected chi connectivity index (χ4v) is 1.85. The zero-order chi connectivity index (χ0) is 15.0. The Kier molecular flexibility index (Phi) is 6.71. The lowest BCUT2D eigenvalue weighted by molar-refractivity contribution is -0.383. The minimum Gasteiger partial charge on any atom is -0.383 e. The van der Waals surface area contributed by atoms with Crippen LogP contribution in [0.4, 0.5) is 17.1 Å². The van der Waals surface area contributed by atoms with E-state index in [0.717, 1.165) is 0 Å². The van der Waals surface area contributed by atoms with Crippen molar-refractivity contribution in [1.29, 1.82) is 0 Å². The van der Waals surface area contributed by atoms with Crippen molar-refractivity contribution in [2.75, 3.05) is 50.8 Å². The van der Waals surface area contributed by atoms with E-state index in [4.69, 9.17) is 15.3 Å². The number of hydrogen-bond donors (Lipinski definition) is 2. The Hall–Kier alpha value is -1.90. The van der Waals surface area contributed by atoms with Gasteiger partial charge in [-0.1, -0.05) is 6.07 Å². The number of anilines is 2. The third-order valence-electron chi connectivity index (χ3n) is 2.82. The van der Waals surface area contributed by atoms with Gasteiger partial charge in [-0.25, -0.2) is 0 Å². The smallest absolute Gasteiger partial charge is 0.316 e. The van der Waals surface area contributed by atoms with Gasteiger partial charge in [-0.05, 0) is 12.1 Å². The summed E-state index contributed by atoms with van der Waals surface area (Å²) in [5, 5.41) is 11.3. The van der Waals surface area contributed by atoms with Gasteiger partial charge in [-0.2, -0.15) is 0 Å². The summed E-state index contributed by atoms with van der Waals surface area (Å²) in [6, 6.07) is 4.96. The van der Waals surface area contributed by atoms with Crippen molar-refractivity contribution in [3.63, 3.8) is 0 Å². The highest BCUT2D eigenvalue weighted by molar-refractivity contribution is 5.76. The lowest BCUT2D eigenvalue weighted by Crippen LogP contribution is -2.31. The molecule has 0 atom stereocenters. The molecule has 0 spiro atoms. The predicted molar refractivity (Wildman–Crippen MR) is 76.9 cm³/mol. The Morgan fingerprint density at radius 1 is 1.30 bits per heavy atom. The number of ether oxygens (including phenoxy) is 2. The summed E-state index contributed by atoms with van der Waals surface area (Å²) >= 11 is 0. The third kappa shape index (κ3) is 4.05. The number of benzene rings is 1. The maximum atomic E-state index is 11.3. The van der Waals surface area contributed by atoms with Gasteiger partial charge < -0.3 is 19.8 Å². The number of nitrogens with two attached hydrogens (primary N) is 1. The summed E-state index contributed by atoms with van der Waals surface area (Å²) in [4.78, 5) is 12.7. The van der Waals surface area contributed by atoms with Crippen LogP contribution in [0.1, 0.15) is 0 Å². The number of rotatable bonds is 9. The van der Waals surface area contributed by atoms with Gasteiger partial charge in [-0.15, -0.1) is 0 Å². The maximum absolute atomic E-state index is 11.3. The molecule has 1 rings (SSSR count). The zero-order valence-electron chi connectivity index (χ0n) is 11.7. The number of nitrogens with one attached hydrogen (secondary N) is 1. The maximum Gasteiger partial charge on any atom is 0.316 e. The highest BCUT2D eigenvalue weighted by Gasteiger charge is 2.23. The van der Waals surface area contributed by atoms with Crippen LogP contribution < -0.4 is 16.2 Å². The van der Waals surface area contributed by atoms with E-state index in [1.807, 2.05) is 4.90 Å². The number of hydrogen-bond acceptors (Lipinski definition) is 7. The second-order valence-corrected chi connectivity index (χ2v) is 4.05. The van der Waals surface area contributed by atoms with Gasteiger partial charge in [-0.3, -0.25) is 16.0 Å². The average molecular weight is 284 g/mol. The molecule has 8 heteroatoms. The molecule has 0 amide bonds. The van der Waals surface area contributed by atoms with Crippen LogP contribution in [-0.4, -0.2) is 45.4 Å². The number of hydrazine groups is 1. The van der Waals surface area contributed by atoms with Crippen LogP contribution in [0, 0.1) is 10.1 Å². The van der Waals surface area contributed by atoms with Crippen LogP contribution in [-0.2, 0) is 9.47 Å². The van der Waals surface area contributed by atoms with Crippen LogP contribution >= 0.6 is 0 Å². The first kappa shape index (κ1) is 16.2. The number of nitrogen functional groups attached to an aromatic ring is 1. The quantitative estimate of drug-likeness (QED) is 0.396. The van der Waals surface area contributed by atoms with Crippen molar-refractivity contribution < 1.29 is 14.4 Å². The van der Waals surface area contributed by atoms with Crippen molar-refractivity contribution in [2.24, 2.45) is 5.84 Å². The number of nitrogens with zero attached hydrogens (tertiary/aromatic N) is 2. The van der Waals surface area contributed by atoms with Crippen molar-refractivity contribution in [3.05, 3.63) is 28.3 Å². The second kappa shape index (κ2) is 8.31. The molecule has 0 unspecified atom stereocenters. The van der Waals surface area contributed by atoms with Gasteiger partial charge in [0.2, 0.25) is 0 Å². The lowest BCUT2D eigenvalue weighted by atomic mass is 10.2. The largest absolute Gasteiger partial charge is 0.383 e. The lowest BCUT2D eigenvalue weighted by Gasteiger charge is -2.24. The highest BCUT2D eigenvalue weighted by Crippen LogP contribution is 2.34. The van der Waals surface area contributed by atoms with Crippen molar-refractivity contribution in [2.45, 2.75) is 0 Å². The summed E-state index contributed by atoms with van der Waals surface area (Å²) in [5.74, 6) is 5.34. The number of para-hydroxylation sites is 1. The SMILES string of the molecule is COCCN(CCOC)c1cccc(NN)c1[N+](=O)[O-]. The Bertz CT molecular complexity index is 433. The molecule has 0 aromatic heterocycles. The average Bonchev–Trinajstić information content (AvgIpc) is 2.46. The van der Waals surface area contributed by atoms with Gasteiger partial charge >= 0.3 is 5.69 Å². The zero-order valence-corrected chi connectivity index (χ0v) is 11.7. The van der Waals surface area contributed by atoms with E-state index in [-0.39, 0.29) is 11.4 Å². The summed E-state index contributed by atoms with van der Waals surface area (Å²) in [6.45, 7) is 1.96. The molecule has 0 aliphatic heterocycles. The Balaban J connectivity index is 3.13. The summed E-state index contributed by atoms with van der Waals surface area (Å²) in [5.41, 5.74) is 3.06. The van der Waals surface area contributed by atoms with Crippen molar-refractivity contribution >= 4 is 17.1 Å². The van der Waals surface area contributed by atoms with Crippen LogP contribution in [0.2, 0.25) is 0 Å². The van der Waals surface area contributed by atoms with Gasteiger partial charge in [0.05, 0.1) is 18.1 Å². The minimum atomic E-state index is -0.447. The predicted octanol–water partition coefficient (Wildman–Crippen LogP) is 0.980. The molecule has 1 aromatic carbocycles. The molecule has 0 saturated carbocycles. The summed E-state index contributed by atoms with van der Waals surface area (Å²) in [7, 11) is 3.17. The molecule has 112 valence electrons. The van der Waals surface area contributed by atoms with Crippen molar-refractivity contribution in [1.82, 2.24) is 0 Å². The third-order valence-corrected chi connectivity index (χ3v) is 2.82. The van der Waals surface area contributed by atoms with Crippen molar-refractivity contribution in [3.8, 4) is 0 Å². The van der Waals surface area contributed by atoms with E-state index < -0.39 is 4.92 Å². The molecule has 20 heavy (non-hydrogen) atoms. The fourth-order valence-electron chi connectivity index (χ4n) is 1.85. The Morgan fingerprint density at radius 3 is 2.35 bits per heavy atom. The first-order chi connectivity index (χ1) is 9.65. The molecule has 0 heterocycles. The standard InChI is InChI=1S/C12H20N4O4/c1-19-8-6-15(7-9-20-2)11-5-3-4-10(14-13)12(11)16(17)18/h3-5,14H,6-9,13H2,1-2H3. The van der Waals surface area contributed by atoms with Crippen LogP contribution in [0.3, 0.4) is 0 Å².